The maximum absolute atomic E-state index is 13.1. The summed E-state index contributed by atoms with van der Waals surface area (Å²) < 4.78 is 5.24. The molecule has 0 aromatic heterocycles. The summed E-state index contributed by atoms with van der Waals surface area (Å²) in [6.45, 7) is 2.95. The molecule has 0 saturated carbocycles. The van der Waals surface area contributed by atoms with E-state index in [0.717, 1.165) is 37.3 Å². The number of carbonyl (C=O) groups excluding carboxylic acids is 2. The number of ether oxygens (including phenoxy) is 1. The molecule has 0 unspecified atom stereocenters. The van der Waals surface area contributed by atoms with Gasteiger partial charge in [0, 0.05) is 25.9 Å². The minimum absolute atomic E-state index is 0.0506. The molecule has 1 aromatic carbocycles. The Hall–Kier alpha value is -1.69. The summed E-state index contributed by atoms with van der Waals surface area (Å²) >= 11 is 1.69. The molecule has 0 radical (unpaired) electrons. The molecule has 0 bridgehead atoms. The number of carbonyl (C=O) groups is 2. The molecule has 6 heteroatoms. The van der Waals surface area contributed by atoms with Crippen LogP contribution in [0.25, 0.3) is 0 Å². The molecule has 1 aliphatic rings. The number of thioether (sulfide) groups is 1. The minimum Gasteiger partial charge on any atom is -0.497 e. The molecular formula is C20H30N2O3S. The smallest absolute Gasteiger partial charge is 0.245 e. The van der Waals surface area contributed by atoms with Crippen LogP contribution in [0, 0.1) is 0 Å². The van der Waals surface area contributed by atoms with Crippen molar-refractivity contribution in [2.75, 3.05) is 32.2 Å². The fourth-order valence-corrected chi connectivity index (χ4v) is 3.92. The van der Waals surface area contributed by atoms with Gasteiger partial charge in [-0.25, -0.2) is 0 Å². The summed E-state index contributed by atoms with van der Waals surface area (Å²) in [6, 6.07) is 7.72. The molecule has 26 heavy (non-hydrogen) atoms. The van der Waals surface area contributed by atoms with E-state index in [1.165, 1.54) is 12.5 Å². The molecule has 2 atom stereocenters. The van der Waals surface area contributed by atoms with Gasteiger partial charge < -0.3 is 15.0 Å². The van der Waals surface area contributed by atoms with Crippen LogP contribution in [0.5, 0.6) is 5.75 Å². The number of rotatable bonds is 7. The summed E-state index contributed by atoms with van der Waals surface area (Å²) in [4.78, 5) is 26.5. The highest BCUT2D eigenvalue weighted by Gasteiger charge is 2.28. The second-order valence-electron chi connectivity index (χ2n) is 6.78. The Balaban J connectivity index is 2.10. The molecule has 0 aliphatic carbocycles. The molecular weight excluding hydrogens is 348 g/mol. The highest BCUT2D eigenvalue weighted by molar-refractivity contribution is 7.98. The van der Waals surface area contributed by atoms with E-state index in [-0.39, 0.29) is 11.8 Å². The number of amides is 2. The molecule has 5 nitrogen and oxygen atoms in total. The Morgan fingerprint density at radius 3 is 2.65 bits per heavy atom. The fourth-order valence-electron chi connectivity index (χ4n) is 3.45. The zero-order valence-corrected chi connectivity index (χ0v) is 16.8. The molecule has 1 fully saturated rings. The van der Waals surface area contributed by atoms with Crippen molar-refractivity contribution >= 4 is 23.6 Å². The Labute approximate surface area is 160 Å². The Bertz CT molecular complexity index is 591. The van der Waals surface area contributed by atoms with Crippen molar-refractivity contribution in [1.29, 1.82) is 0 Å². The summed E-state index contributed by atoms with van der Waals surface area (Å²) in [5.41, 5.74) is 1.24. The van der Waals surface area contributed by atoms with E-state index < -0.39 is 6.04 Å². The quantitative estimate of drug-likeness (QED) is 0.792. The van der Waals surface area contributed by atoms with Crippen LogP contribution >= 0.6 is 11.8 Å². The first-order valence-corrected chi connectivity index (χ1v) is 10.6. The van der Waals surface area contributed by atoms with Crippen molar-refractivity contribution in [2.24, 2.45) is 0 Å². The van der Waals surface area contributed by atoms with Gasteiger partial charge in [-0.05, 0) is 49.0 Å². The third-order valence-electron chi connectivity index (χ3n) is 4.86. The lowest BCUT2D eigenvalue weighted by atomic mass is 9.94. The molecule has 1 aromatic rings. The van der Waals surface area contributed by atoms with E-state index in [9.17, 15) is 9.59 Å². The number of nitrogens with zero attached hydrogens (tertiary/aromatic N) is 1. The predicted molar refractivity (Wildman–Crippen MR) is 107 cm³/mol. The molecule has 1 aliphatic heterocycles. The van der Waals surface area contributed by atoms with Gasteiger partial charge in [0.05, 0.1) is 7.11 Å². The van der Waals surface area contributed by atoms with E-state index in [4.69, 9.17) is 4.74 Å². The number of methoxy groups -OCH3 is 1. The van der Waals surface area contributed by atoms with Gasteiger partial charge in [-0.1, -0.05) is 18.6 Å². The van der Waals surface area contributed by atoms with Crippen molar-refractivity contribution < 1.29 is 14.3 Å². The summed E-state index contributed by atoms with van der Waals surface area (Å²) in [7, 11) is 1.66. The zero-order valence-electron chi connectivity index (χ0n) is 16.0. The van der Waals surface area contributed by atoms with Crippen molar-refractivity contribution in [3.63, 3.8) is 0 Å². The van der Waals surface area contributed by atoms with E-state index in [1.54, 1.807) is 18.9 Å². The third-order valence-corrected chi connectivity index (χ3v) is 5.50. The summed E-state index contributed by atoms with van der Waals surface area (Å²) in [5, 5.41) is 2.84. The van der Waals surface area contributed by atoms with Crippen molar-refractivity contribution in [1.82, 2.24) is 10.2 Å². The van der Waals surface area contributed by atoms with Crippen LogP contribution in [0.4, 0.5) is 0 Å². The number of likely N-dealkylation sites (tertiary alicyclic amines) is 1. The van der Waals surface area contributed by atoms with E-state index in [2.05, 4.69) is 17.4 Å². The molecule has 1 N–H and O–H groups in total. The van der Waals surface area contributed by atoms with E-state index in [0.29, 0.717) is 18.9 Å². The van der Waals surface area contributed by atoms with Gasteiger partial charge in [0.15, 0.2) is 0 Å². The number of benzene rings is 1. The second kappa shape index (κ2) is 10.5. The van der Waals surface area contributed by atoms with E-state index >= 15 is 0 Å². The second-order valence-corrected chi connectivity index (χ2v) is 7.77. The van der Waals surface area contributed by atoms with Crippen LogP contribution in [0.2, 0.25) is 0 Å². The monoisotopic (exact) mass is 378 g/mol. The molecule has 1 saturated heterocycles. The first-order valence-electron chi connectivity index (χ1n) is 9.24. The highest BCUT2D eigenvalue weighted by Crippen LogP contribution is 2.28. The van der Waals surface area contributed by atoms with Gasteiger partial charge in [-0.2, -0.15) is 11.8 Å². The topological polar surface area (TPSA) is 58.6 Å². The number of nitrogens with one attached hydrogen (secondary N) is 1. The van der Waals surface area contributed by atoms with Gasteiger partial charge in [-0.3, -0.25) is 9.59 Å². The van der Waals surface area contributed by atoms with Crippen LogP contribution in [-0.4, -0.2) is 55.0 Å². The average Bonchev–Trinajstić information content (AvgIpc) is 2.90. The van der Waals surface area contributed by atoms with Crippen molar-refractivity contribution in [3.05, 3.63) is 29.8 Å². The van der Waals surface area contributed by atoms with Crippen LogP contribution in [0.1, 0.15) is 44.1 Å². The van der Waals surface area contributed by atoms with Crippen LogP contribution < -0.4 is 10.1 Å². The molecule has 0 spiro atoms. The lowest BCUT2D eigenvalue weighted by molar-refractivity contribution is -0.136. The third kappa shape index (κ3) is 5.94. The maximum atomic E-state index is 13.1. The standard InChI is InChI=1S/C20H30N2O3S/c1-15(23)21-19(11-13-26-3)20(24)22-12-5-4-6-17(14-22)16-7-9-18(25-2)10-8-16/h7-10,17,19H,4-6,11-14H2,1-3H3,(H,21,23)/t17-,19+/m1/s1. The maximum Gasteiger partial charge on any atom is 0.245 e. The Morgan fingerprint density at radius 1 is 1.31 bits per heavy atom. The van der Waals surface area contributed by atoms with Gasteiger partial charge in [-0.15, -0.1) is 0 Å². The van der Waals surface area contributed by atoms with Gasteiger partial charge in [0.2, 0.25) is 11.8 Å². The van der Waals surface area contributed by atoms with E-state index in [1.807, 2.05) is 23.3 Å². The molecule has 144 valence electrons. The normalized spacial score (nSPS) is 18.7. The average molecular weight is 379 g/mol. The first kappa shape index (κ1) is 20.6. The lowest BCUT2D eigenvalue weighted by Gasteiger charge is -2.29. The van der Waals surface area contributed by atoms with Crippen molar-refractivity contribution in [3.8, 4) is 5.75 Å². The lowest BCUT2D eigenvalue weighted by Crippen LogP contribution is -2.49. The Kier molecular flexibility index (Phi) is 8.29. The van der Waals surface area contributed by atoms with Gasteiger partial charge in [0.25, 0.3) is 0 Å². The summed E-state index contributed by atoms with van der Waals surface area (Å²) in [5.74, 6) is 1.93. The molecule has 2 rings (SSSR count). The van der Waals surface area contributed by atoms with Gasteiger partial charge in [0.1, 0.15) is 11.8 Å². The Morgan fingerprint density at radius 2 is 2.04 bits per heavy atom. The number of hydrogen-bond donors (Lipinski definition) is 1. The summed E-state index contributed by atoms with van der Waals surface area (Å²) in [6.07, 6.45) is 5.87. The van der Waals surface area contributed by atoms with Crippen LogP contribution in [0.15, 0.2) is 24.3 Å². The zero-order chi connectivity index (χ0) is 18.9. The fraction of sp³-hybridized carbons (Fsp3) is 0.600. The molecule has 1 heterocycles. The van der Waals surface area contributed by atoms with Crippen LogP contribution in [-0.2, 0) is 9.59 Å². The predicted octanol–water partition coefficient (Wildman–Crippen LogP) is 3.05. The van der Waals surface area contributed by atoms with Gasteiger partial charge >= 0.3 is 0 Å². The molecule has 2 amide bonds. The first-order chi connectivity index (χ1) is 12.5. The highest BCUT2D eigenvalue weighted by atomic mass is 32.2. The van der Waals surface area contributed by atoms with Crippen molar-refractivity contribution in [2.45, 2.75) is 44.6 Å². The van der Waals surface area contributed by atoms with Crippen LogP contribution in [0.3, 0.4) is 0 Å². The SMILES string of the molecule is COc1ccc([C@@H]2CCCCN(C(=O)[C@H](CCSC)NC(C)=O)C2)cc1. The minimum atomic E-state index is -0.422. The number of hydrogen-bond acceptors (Lipinski definition) is 4. The largest absolute Gasteiger partial charge is 0.497 e.